The number of nitrogens with one attached hydrogen (secondary N) is 1. The van der Waals surface area contributed by atoms with Gasteiger partial charge in [0.2, 0.25) is 5.91 Å². The van der Waals surface area contributed by atoms with Crippen LogP contribution in [0.15, 0.2) is 21.2 Å². The van der Waals surface area contributed by atoms with Gasteiger partial charge in [0.1, 0.15) is 6.54 Å². The second-order valence-electron chi connectivity index (χ2n) is 3.43. The molecule has 0 atom stereocenters. The number of furan rings is 1. The molecule has 7 nitrogen and oxygen atoms in total. The minimum absolute atomic E-state index is 0.0653. The van der Waals surface area contributed by atoms with E-state index in [1.165, 1.54) is 13.1 Å². The Morgan fingerprint density at radius 2 is 2.11 bits per heavy atom. The molecular weight excluding hydrogens is 308 g/mol. The fourth-order valence-electron chi connectivity index (χ4n) is 1.11. The zero-order chi connectivity index (χ0) is 13.7. The summed E-state index contributed by atoms with van der Waals surface area (Å²) in [6, 6.07) is 3.00. The first-order chi connectivity index (χ1) is 8.40. The molecule has 8 heteroatoms. The van der Waals surface area contributed by atoms with Crippen molar-refractivity contribution in [3.63, 3.8) is 0 Å². The van der Waals surface area contributed by atoms with Gasteiger partial charge in [0.05, 0.1) is 6.54 Å². The van der Waals surface area contributed by atoms with Crippen LogP contribution in [0, 0.1) is 0 Å². The number of carboxylic acids is 1. The molecule has 0 saturated heterocycles. The van der Waals surface area contributed by atoms with Gasteiger partial charge in [-0.25, -0.2) is 0 Å². The van der Waals surface area contributed by atoms with Crippen molar-refractivity contribution in [2.24, 2.45) is 0 Å². The topological polar surface area (TPSA) is 99.9 Å². The van der Waals surface area contributed by atoms with Gasteiger partial charge in [0, 0.05) is 7.05 Å². The predicted molar refractivity (Wildman–Crippen MR) is 64.0 cm³/mol. The van der Waals surface area contributed by atoms with Crippen molar-refractivity contribution in [3.8, 4) is 0 Å². The number of hydrogen-bond acceptors (Lipinski definition) is 4. The number of likely N-dealkylation sites (N-methyl/N-ethyl adjacent to an activating group) is 1. The summed E-state index contributed by atoms with van der Waals surface area (Å²) < 4.78 is 5.39. The number of rotatable bonds is 5. The summed E-state index contributed by atoms with van der Waals surface area (Å²) in [5.74, 6) is -2.10. The van der Waals surface area contributed by atoms with E-state index in [9.17, 15) is 14.4 Å². The molecule has 1 aromatic heterocycles. The van der Waals surface area contributed by atoms with Crippen molar-refractivity contribution in [1.29, 1.82) is 0 Å². The number of carbonyl (C=O) groups excluding carboxylic acids is 2. The summed E-state index contributed by atoms with van der Waals surface area (Å²) in [6.07, 6.45) is 0. The average molecular weight is 319 g/mol. The number of nitrogens with zero attached hydrogens (tertiary/aromatic N) is 1. The number of aliphatic carboxylic acids is 1. The molecule has 1 rings (SSSR count). The second-order valence-corrected chi connectivity index (χ2v) is 4.21. The van der Waals surface area contributed by atoms with E-state index in [2.05, 4.69) is 21.2 Å². The third-order valence-corrected chi connectivity index (χ3v) is 2.42. The Hall–Kier alpha value is -1.83. The van der Waals surface area contributed by atoms with Crippen LogP contribution in [0.2, 0.25) is 0 Å². The van der Waals surface area contributed by atoms with Crippen molar-refractivity contribution in [3.05, 3.63) is 22.6 Å². The van der Waals surface area contributed by atoms with Gasteiger partial charge in [-0.2, -0.15) is 0 Å². The van der Waals surface area contributed by atoms with E-state index in [0.29, 0.717) is 4.67 Å². The van der Waals surface area contributed by atoms with Crippen LogP contribution >= 0.6 is 15.9 Å². The Morgan fingerprint density at radius 1 is 1.44 bits per heavy atom. The van der Waals surface area contributed by atoms with Gasteiger partial charge < -0.3 is 19.7 Å². The Kier molecular flexibility index (Phi) is 4.90. The van der Waals surface area contributed by atoms with E-state index in [1.807, 2.05) is 0 Å². The lowest BCUT2D eigenvalue weighted by atomic mass is 10.4. The van der Waals surface area contributed by atoms with E-state index in [-0.39, 0.29) is 12.3 Å². The van der Waals surface area contributed by atoms with Crippen molar-refractivity contribution in [2.45, 2.75) is 0 Å². The molecule has 98 valence electrons. The summed E-state index contributed by atoms with van der Waals surface area (Å²) in [7, 11) is 1.34. The van der Waals surface area contributed by atoms with Gasteiger partial charge in [-0.05, 0) is 28.1 Å². The molecule has 1 heterocycles. The summed E-state index contributed by atoms with van der Waals surface area (Å²) >= 11 is 3.04. The fraction of sp³-hybridized carbons (Fsp3) is 0.300. The van der Waals surface area contributed by atoms with Crippen molar-refractivity contribution < 1.29 is 23.9 Å². The molecule has 0 fully saturated rings. The lowest BCUT2D eigenvalue weighted by Crippen LogP contribution is -2.40. The smallest absolute Gasteiger partial charge is 0.323 e. The minimum Gasteiger partial charge on any atom is -0.480 e. The van der Waals surface area contributed by atoms with Gasteiger partial charge in [-0.15, -0.1) is 0 Å². The first kappa shape index (κ1) is 14.2. The largest absolute Gasteiger partial charge is 0.480 e. The van der Waals surface area contributed by atoms with E-state index in [1.54, 1.807) is 6.07 Å². The molecule has 0 aromatic carbocycles. The van der Waals surface area contributed by atoms with Gasteiger partial charge in [-0.1, -0.05) is 0 Å². The van der Waals surface area contributed by atoms with Crippen molar-refractivity contribution in [1.82, 2.24) is 10.2 Å². The Bertz CT molecular complexity index is 471. The average Bonchev–Trinajstić information content (AvgIpc) is 2.71. The van der Waals surface area contributed by atoms with Gasteiger partial charge in [-0.3, -0.25) is 14.4 Å². The van der Waals surface area contributed by atoms with Crippen LogP contribution in [0.25, 0.3) is 0 Å². The van der Waals surface area contributed by atoms with Crippen molar-refractivity contribution >= 4 is 33.7 Å². The number of halogens is 1. The van der Waals surface area contributed by atoms with Gasteiger partial charge in [0.25, 0.3) is 5.91 Å². The van der Waals surface area contributed by atoms with E-state index >= 15 is 0 Å². The van der Waals surface area contributed by atoms with E-state index < -0.39 is 24.3 Å². The van der Waals surface area contributed by atoms with Crippen molar-refractivity contribution in [2.75, 3.05) is 20.1 Å². The maximum Gasteiger partial charge on any atom is 0.323 e. The molecule has 0 aliphatic rings. The standard InChI is InChI=1S/C10H11BrN2O5/c1-13(5-9(15)16)8(14)4-12-10(17)6-2-3-7(11)18-6/h2-3H,4-5H2,1H3,(H,12,17)(H,15,16). The molecule has 0 aliphatic heterocycles. The number of carboxylic acid groups (broad SMARTS) is 1. The normalized spacial score (nSPS) is 9.89. The molecule has 18 heavy (non-hydrogen) atoms. The maximum atomic E-state index is 11.5. The Morgan fingerprint density at radius 3 is 2.61 bits per heavy atom. The third kappa shape index (κ3) is 4.21. The molecule has 1 aromatic rings. The predicted octanol–water partition coefficient (Wildman–Crippen LogP) is 0.315. The molecule has 0 bridgehead atoms. The highest BCUT2D eigenvalue weighted by atomic mass is 79.9. The van der Waals surface area contributed by atoms with Crippen LogP contribution in [0.5, 0.6) is 0 Å². The van der Waals surface area contributed by atoms with Gasteiger partial charge >= 0.3 is 5.97 Å². The molecular formula is C10H11BrN2O5. The van der Waals surface area contributed by atoms with Crippen LogP contribution in [-0.2, 0) is 9.59 Å². The molecule has 0 spiro atoms. The zero-order valence-corrected chi connectivity index (χ0v) is 11.1. The van der Waals surface area contributed by atoms with Gasteiger partial charge in [0.15, 0.2) is 10.4 Å². The molecule has 0 radical (unpaired) electrons. The second kappa shape index (κ2) is 6.20. The maximum absolute atomic E-state index is 11.5. The lowest BCUT2D eigenvalue weighted by molar-refractivity contribution is -0.143. The molecule has 2 amide bonds. The molecule has 2 N–H and O–H groups in total. The Labute approximate surface area is 111 Å². The van der Waals surface area contributed by atoms with E-state index in [4.69, 9.17) is 9.52 Å². The number of amides is 2. The SMILES string of the molecule is CN(CC(=O)O)C(=O)CNC(=O)c1ccc(Br)o1. The highest BCUT2D eigenvalue weighted by Crippen LogP contribution is 2.13. The van der Waals surface area contributed by atoms with Crippen LogP contribution in [-0.4, -0.2) is 47.9 Å². The highest BCUT2D eigenvalue weighted by Gasteiger charge is 2.15. The molecule has 0 unspecified atom stereocenters. The summed E-state index contributed by atoms with van der Waals surface area (Å²) in [5.41, 5.74) is 0. The van der Waals surface area contributed by atoms with Crippen LogP contribution in [0.3, 0.4) is 0 Å². The Balaban J connectivity index is 2.43. The lowest BCUT2D eigenvalue weighted by Gasteiger charge is -2.14. The quantitative estimate of drug-likeness (QED) is 0.814. The molecule has 0 aliphatic carbocycles. The fourth-order valence-corrected chi connectivity index (χ4v) is 1.41. The zero-order valence-electron chi connectivity index (χ0n) is 9.47. The summed E-state index contributed by atoms with van der Waals surface area (Å²) in [5, 5.41) is 10.8. The molecule has 0 saturated carbocycles. The number of carbonyl (C=O) groups is 3. The van der Waals surface area contributed by atoms with E-state index in [0.717, 1.165) is 4.90 Å². The first-order valence-electron chi connectivity index (χ1n) is 4.89. The third-order valence-electron chi connectivity index (χ3n) is 2.00. The summed E-state index contributed by atoms with van der Waals surface area (Å²) in [6.45, 7) is -0.706. The number of hydrogen-bond donors (Lipinski definition) is 2. The van der Waals surface area contributed by atoms with Crippen LogP contribution in [0.4, 0.5) is 0 Å². The summed E-state index contributed by atoms with van der Waals surface area (Å²) in [4.78, 5) is 34.3. The first-order valence-corrected chi connectivity index (χ1v) is 5.68. The van der Waals surface area contributed by atoms with Crippen LogP contribution in [0.1, 0.15) is 10.6 Å². The van der Waals surface area contributed by atoms with Crippen LogP contribution < -0.4 is 5.32 Å². The monoisotopic (exact) mass is 318 g/mol. The highest BCUT2D eigenvalue weighted by molar-refractivity contribution is 9.10. The minimum atomic E-state index is -1.12.